The summed E-state index contributed by atoms with van der Waals surface area (Å²) >= 11 is 0. The van der Waals surface area contributed by atoms with Gasteiger partial charge < -0.3 is 10.4 Å². The van der Waals surface area contributed by atoms with Crippen LogP contribution in [0.25, 0.3) is 6.08 Å². The van der Waals surface area contributed by atoms with E-state index in [1.807, 2.05) is 30.3 Å². The second-order valence-corrected chi connectivity index (χ2v) is 4.10. The first-order valence-electron chi connectivity index (χ1n) is 5.49. The Balaban J connectivity index is 2.05. The van der Waals surface area contributed by atoms with Crippen molar-refractivity contribution in [3.63, 3.8) is 0 Å². The number of nitrogens with one attached hydrogen (secondary N) is 1. The maximum absolute atomic E-state index is 11.0. The van der Waals surface area contributed by atoms with Crippen molar-refractivity contribution >= 4 is 12.0 Å². The molecule has 2 rings (SSSR count). The normalized spacial score (nSPS) is 15.9. The lowest BCUT2D eigenvalue weighted by molar-refractivity contribution is -0.133. The summed E-state index contributed by atoms with van der Waals surface area (Å²) in [7, 11) is 0. The second-order valence-electron chi connectivity index (χ2n) is 4.10. The average molecular weight is 217 g/mol. The first kappa shape index (κ1) is 10.7. The maximum atomic E-state index is 11.0. The Hall–Kier alpha value is -1.77. The van der Waals surface area contributed by atoms with E-state index in [-0.39, 0.29) is 5.70 Å². The van der Waals surface area contributed by atoms with Gasteiger partial charge in [0.15, 0.2) is 0 Å². The number of benzene rings is 1. The summed E-state index contributed by atoms with van der Waals surface area (Å²) < 4.78 is 0. The number of carboxylic acids is 1. The lowest BCUT2D eigenvalue weighted by atomic mass is 10.2. The van der Waals surface area contributed by atoms with Gasteiger partial charge in [0.05, 0.1) is 0 Å². The molecule has 0 saturated heterocycles. The number of hydrogen-bond acceptors (Lipinski definition) is 2. The number of hydrogen-bond donors (Lipinski definition) is 2. The Bertz CT molecular complexity index is 394. The minimum absolute atomic E-state index is 0.276. The van der Waals surface area contributed by atoms with Crippen LogP contribution in [-0.2, 0) is 4.79 Å². The number of carboxylic acid groups (broad SMARTS) is 1. The fourth-order valence-corrected chi connectivity index (χ4v) is 1.48. The van der Waals surface area contributed by atoms with Crippen molar-refractivity contribution < 1.29 is 9.90 Å². The van der Waals surface area contributed by atoms with E-state index in [2.05, 4.69) is 5.32 Å². The highest BCUT2D eigenvalue weighted by Gasteiger charge is 2.21. The van der Waals surface area contributed by atoms with Crippen LogP contribution in [0.3, 0.4) is 0 Å². The van der Waals surface area contributed by atoms with E-state index in [1.165, 1.54) is 12.8 Å². The molecule has 1 aromatic rings. The van der Waals surface area contributed by atoms with Crippen molar-refractivity contribution in [2.45, 2.75) is 12.8 Å². The largest absolute Gasteiger partial charge is 0.477 e. The second kappa shape index (κ2) is 4.84. The Morgan fingerprint density at radius 2 is 2.06 bits per heavy atom. The van der Waals surface area contributed by atoms with E-state index in [0.717, 1.165) is 12.1 Å². The Labute approximate surface area is 94.8 Å². The predicted octanol–water partition coefficient (Wildman–Crippen LogP) is 2.11. The first-order chi connectivity index (χ1) is 7.75. The van der Waals surface area contributed by atoms with Crippen LogP contribution < -0.4 is 5.32 Å². The van der Waals surface area contributed by atoms with Gasteiger partial charge in [-0.2, -0.15) is 0 Å². The molecular weight excluding hydrogens is 202 g/mol. The number of carbonyl (C=O) groups is 1. The van der Waals surface area contributed by atoms with E-state index in [0.29, 0.717) is 5.92 Å². The van der Waals surface area contributed by atoms with Crippen LogP contribution in [0.5, 0.6) is 0 Å². The number of aliphatic carboxylic acids is 1. The van der Waals surface area contributed by atoms with Crippen molar-refractivity contribution in [1.29, 1.82) is 0 Å². The molecule has 0 bridgehead atoms. The molecule has 0 heterocycles. The van der Waals surface area contributed by atoms with Crippen LogP contribution in [0.4, 0.5) is 0 Å². The fourth-order valence-electron chi connectivity index (χ4n) is 1.48. The maximum Gasteiger partial charge on any atom is 0.351 e. The summed E-state index contributed by atoms with van der Waals surface area (Å²) in [5, 5.41) is 12.0. The van der Waals surface area contributed by atoms with Crippen LogP contribution >= 0.6 is 0 Å². The molecule has 0 aromatic heterocycles. The van der Waals surface area contributed by atoms with Crippen molar-refractivity contribution in [2.24, 2.45) is 5.92 Å². The smallest absolute Gasteiger partial charge is 0.351 e. The summed E-state index contributed by atoms with van der Waals surface area (Å²) in [6.07, 6.45) is 4.10. The van der Waals surface area contributed by atoms with Crippen molar-refractivity contribution in [3.8, 4) is 0 Å². The molecule has 0 unspecified atom stereocenters. The van der Waals surface area contributed by atoms with Crippen LogP contribution in [-0.4, -0.2) is 17.6 Å². The molecular formula is C13H15NO2. The molecule has 84 valence electrons. The summed E-state index contributed by atoms with van der Waals surface area (Å²) in [6.45, 7) is 0.769. The molecule has 1 fully saturated rings. The highest BCUT2D eigenvalue weighted by atomic mass is 16.4. The van der Waals surface area contributed by atoms with Gasteiger partial charge in [-0.15, -0.1) is 0 Å². The molecule has 16 heavy (non-hydrogen) atoms. The Morgan fingerprint density at radius 1 is 1.38 bits per heavy atom. The van der Waals surface area contributed by atoms with Gasteiger partial charge in [-0.1, -0.05) is 30.3 Å². The van der Waals surface area contributed by atoms with Gasteiger partial charge in [0.1, 0.15) is 5.70 Å². The van der Waals surface area contributed by atoms with Gasteiger partial charge in [-0.3, -0.25) is 0 Å². The topological polar surface area (TPSA) is 49.3 Å². The van der Waals surface area contributed by atoms with E-state index in [4.69, 9.17) is 5.11 Å². The van der Waals surface area contributed by atoms with Crippen LogP contribution in [0.15, 0.2) is 36.0 Å². The van der Waals surface area contributed by atoms with Crippen LogP contribution in [0, 0.1) is 5.92 Å². The van der Waals surface area contributed by atoms with E-state index < -0.39 is 5.97 Å². The summed E-state index contributed by atoms with van der Waals surface area (Å²) in [5.41, 5.74) is 1.18. The molecule has 1 aliphatic rings. The third-order valence-corrected chi connectivity index (χ3v) is 2.62. The van der Waals surface area contributed by atoms with Gasteiger partial charge in [0.2, 0.25) is 0 Å². The zero-order chi connectivity index (χ0) is 11.4. The van der Waals surface area contributed by atoms with Crippen LogP contribution in [0.1, 0.15) is 18.4 Å². The average Bonchev–Trinajstić information content (AvgIpc) is 3.09. The van der Waals surface area contributed by atoms with E-state index in [1.54, 1.807) is 6.08 Å². The minimum Gasteiger partial charge on any atom is -0.477 e. The summed E-state index contributed by atoms with van der Waals surface area (Å²) in [5.74, 6) is -0.233. The van der Waals surface area contributed by atoms with Gasteiger partial charge in [-0.25, -0.2) is 4.79 Å². The highest BCUT2D eigenvalue weighted by Crippen LogP contribution is 2.27. The molecule has 1 aromatic carbocycles. The molecule has 1 aliphatic carbocycles. The van der Waals surface area contributed by atoms with Crippen molar-refractivity contribution in [1.82, 2.24) is 5.32 Å². The first-order valence-corrected chi connectivity index (χ1v) is 5.49. The molecule has 0 atom stereocenters. The molecule has 0 amide bonds. The Morgan fingerprint density at radius 3 is 2.62 bits per heavy atom. The quantitative estimate of drug-likeness (QED) is 0.743. The van der Waals surface area contributed by atoms with Gasteiger partial charge in [-0.05, 0) is 30.4 Å². The van der Waals surface area contributed by atoms with Gasteiger partial charge in [0, 0.05) is 6.54 Å². The molecule has 1 saturated carbocycles. The lowest BCUT2D eigenvalue weighted by Gasteiger charge is -2.05. The molecule has 0 radical (unpaired) electrons. The minimum atomic E-state index is -0.899. The molecule has 3 heteroatoms. The Kier molecular flexibility index (Phi) is 3.25. The van der Waals surface area contributed by atoms with Crippen molar-refractivity contribution in [3.05, 3.63) is 41.6 Å². The molecule has 3 nitrogen and oxygen atoms in total. The highest BCUT2D eigenvalue weighted by molar-refractivity contribution is 5.91. The monoisotopic (exact) mass is 217 g/mol. The third kappa shape index (κ3) is 3.12. The zero-order valence-electron chi connectivity index (χ0n) is 9.02. The third-order valence-electron chi connectivity index (χ3n) is 2.62. The molecule has 0 spiro atoms. The lowest BCUT2D eigenvalue weighted by Crippen LogP contribution is -2.22. The number of rotatable bonds is 5. The van der Waals surface area contributed by atoms with Crippen LogP contribution in [0.2, 0.25) is 0 Å². The van der Waals surface area contributed by atoms with Crippen molar-refractivity contribution in [2.75, 3.05) is 6.54 Å². The molecule has 2 N–H and O–H groups in total. The molecule has 0 aliphatic heterocycles. The SMILES string of the molecule is O=C(O)/C(=C/c1ccccc1)NCC1CC1. The van der Waals surface area contributed by atoms with E-state index >= 15 is 0 Å². The van der Waals surface area contributed by atoms with E-state index in [9.17, 15) is 4.79 Å². The van der Waals surface area contributed by atoms with Gasteiger partial charge >= 0.3 is 5.97 Å². The predicted molar refractivity (Wildman–Crippen MR) is 62.8 cm³/mol. The standard InChI is InChI=1S/C13H15NO2/c15-13(16)12(14-9-11-6-7-11)8-10-4-2-1-3-5-10/h1-5,8,11,14H,6-7,9H2,(H,15,16)/b12-8-. The zero-order valence-corrected chi connectivity index (χ0v) is 9.02. The van der Waals surface area contributed by atoms with Gasteiger partial charge in [0.25, 0.3) is 0 Å². The fraction of sp³-hybridized carbons (Fsp3) is 0.308. The summed E-state index contributed by atoms with van der Waals surface area (Å²) in [4.78, 5) is 11.0. The summed E-state index contributed by atoms with van der Waals surface area (Å²) in [6, 6.07) is 9.48.